The zero-order chi connectivity index (χ0) is 19.3. The highest BCUT2D eigenvalue weighted by Gasteiger charge is 2.28. The molecule has 3 rings (SSSR count). The Labute approximate surface area is 160 Å². The SMILES string of the molecule is O=S(=O)(NCCN1CCN(S(=O)(=O)c2ccccc2)CC1)c1ccccc1. The van der Waals surface area contributed by atoms with Gasteiger partial charge in [0.05, 0.1) is 9.79 Å². The van der Waals surface area contributed by atoms with E-state index in [2.05, 4.69) is 9.62 Å². The van der Waals surface area contributed by atoms with Crippen LogP contribution in [0.15, 0.2) is 70.5 Å². The van der Waals surface area contributed by atoms with Crippen molar-refractivity contribution in [3.8, 4) is 0 Å². The zero-order valence-electron chi connectivity index (χ0n) is 14.9. The van der Waals surface area contributed by atoms with Gasteiger partial charge in [0, 0.05) is 39.3 Å². The molecular formula is C18H23N3O4S2. The smallest absolute Gasteiger partial charge is 0.243 e. The van der Waals surface area contributed by atoms with Gasteiger partial charge in [0.15, 0.2) is 0 Å². The number of piperazine rings is 1. The van der Waals surface area contributed by atoms with Gasteiger partial charge >= 0.3 is 0 Å². The number of nitrogens with zero attached hydrogens (tertiary/aromatic N) is 2. The third-order valence-corrected chi connectivity index (χ3v) is 7.88. The average Bonchev–Trinajstić information content (AvgIpc) is 2.70. The molecule has 7 nitrogen and oxygen atoms in total. The Morgan fingerprint density at radius 1 is 0.741 bits per heavy atom. The largest absolute Gasteiger partial charge is 0.299 e. The molecule has 9 heteroatoms. The van der Waals surface area contributed by atoms with Crippen molar-refractivity contribution in [1.29, 1.82) is 0 Å². The van der Waals surface area contributed by atoms with Crippen LogP contribution in [0.3, 0.4) is 0 Å². The highest BCUT2D eigenvalue weighted by molar-refractivity contribution is 7.89. The molecule has 1 aliphatic heterocycles. The lowest BCUT2D eigenvalue weighted by Gasteiger charge is -2.33. The first-order chi connectivity index (χ1) is 12.9. The van der Waals surface area contributed by atoms with E-state index in [9.17, 15) is 16.8 Å². The molecule has 1 aliphatic rings. The fourth-order valence-electron chi connectivity index (χ4n) is 2.96. The molecule has 0 unspecified atom stereocenters. The van der Waals surface area contributed by atoms with Gasteiger partial charge in [-0.3, -0.25) is 4.90 Å². The Hall–Kier alpha value is -1.78. The van der Waals surface area contributed by atoms with Crippen molar-refractivity contribution in [2.75, 3.05) is 39.3 Å². The maximum absolute atomic E-state index is 12.6. The van der Waals surface area contributed by atoms with E-state index in [1.165, 1.54) is 4.31 Å². The summed E-state index contributed by atoms with van der Waals surface area (Å²) in [4.78, 5) is 2.60. The average molecular weight is 410 g/mol. The molecule has 146 valence electrons. The fraction of sp³-hybridized carbons (Fsp3) is 0.333. The summed E-state index contributed by atoms with van der Waals surface area (Å²) in [7, 11) is -6.98. The Bertz CT molecular complexity index is 938. The van der Waals surface area contributed by atoms with Crippen LogP contribution in [0.4, 0.5) is 0 Å². The molecular weight excluding hydrogens is 386 g/mol. The first-order valence-electron chi connectivity index (χ1n) is 8.72. The van der Waals surface area contributed by atoms with Crippen LogP contribution < -0.4 is 4.72 Å². The van der Waals surface area contributed by atoms with Gasteiger partial charge in [-0.05, 0) is 24.3 Å². The van der Waals surface area contributed by atoms with Crippen molar-refractivity contribution in [2.45, 2.75) is 9.79 Å². The number of sulfonamides is 2. The van der Waals surface area contributed by atoms with Gasteiger partial charge in [0.1, 0.15) is 0 Å². The van der Waals surface area contributed by atoms with Crippen molar-refractivity contribution in [3.63, 3.8) is 0 Å². The van der Waals surface area contributed by atoms with Gasteiger partial charge in [-0.15, -0.1) is 0 Å². The number of rotatable bonds is 7. The quantitative estimate of drug-likeness (QED) is 0.736. The molecule has 1 N–H and O–H groups in total. The number of hydrogen-bond donors (Lipinski definition) is 1. The summed E-state index contributed by atoms with van der Waals surface area (Å²) < 4.78 is 53.7. The molecule has 2 aromatic carbocycles. The molecule has 0 atom stereocenters. The van der Waals surface area contributed by atoms with Gasteiger partial charge < -0.3 is 0 Å². The van der Waals surface area contributed by atoms with E-state index in [4.69, 9.17) is 0 Å². The van der Waals surface area contributed by atoms with Gasteiger partial charge in [-0.1, -0.05) is 36.4 Å². The third-order valence-electron chi connectivity index (χ3n) is 4.49. The van der Waals surface area contributed by atoms with E-state index < -0.39 is 20.0 Å². The molecule has 1 heterocycles. The molecule has 1 saturated heterocycles. The Balaban J connectivity index is 1.49. The van der Waals surface area contributed by atoms with Crippen LogP contribution in [0.2, 0.25) is 0 Å². The molecule has 0 aromatic heterocycles. The topological polar surface area (TPSA) is 86.8 Å². The minimum Gasteiger partial charge on any atom is -0.299 e. The van der Waals surface area contributed by atoms with Gasteiger partial charge in [-0.2, -0.15) is 4.31 Å². The third kappa shape index (κ3) is 4.94. The summed E-state index contributed by atoms with van der Waals surface area (Å²) in [6, 6.07) is 16.6. The summed E-state index contributed by atoms with van der Waals surface area (Å²) in [6.45, 7) is 2.73. The van der Waals surface area contributed by atoms with Crippen LogP contribution in [0, 0.1) is 0 Å². The minimum atomic E-state index is -3.51. The molecule has 0 bridgehead atoms. The highest BCUT2D eigenvalue weighted by Crippen LogP contribution is 2.17. The summed E-state index contributed by atoms with van der Waals surface area (Å²) in [5.41, 5.74) is 0. The van der Waals surface area contributed by atoms with Gasteiger partial charge in [0.25, 0.3) is 0 Å². The monoisotopic (exact) mass is 409 g/mol. The summed E-state index contributed by atoms with van der Waals surface area (Å²) in [5, 5.41) is 0. The van der Waals surface area contributed by atoms with Crippen LogP contribution in [0.25, 0.3) is 0 Å². The van der Waals surface area contributed by atoms with Crippen molar-refractivity contribution < 1.29 is 16.8 Å². The molecule has 27 heavy (non-hydrogen) atoms. The first kappa shape index (κ1) is 20.0. The van der Waals surface area contributed by atoms with Crippen molar-refractivity contribution in [2.24, 2.45) is 0 Å². The van der Waals surface area contributed by atoms with Crippen LogP contribution in [-0.2, 0) is 20.0 Å². The predicted molar refractivity (Wildman–Crippen MR) is 103 cm³/mol. The fourth-order valence-corrected chi connectivity index (χ4v) is 5.44. The minimum absolute atomic E-state index is 0.240. The van der Waals surface area contributed by atoms with Crippen LogP contribution in [0.1, 0.15) is 0 Å². The molecule has 0 radical (unpaired) electrons. The van der Waals surface area contributed by atoms with Crippen molar-refractivity contribution in [1.82, 2.24) is 13.9 Å². The Morgan fingerprint density at radius 2 is 1.26 bits per heavy atom. The standard InChI is InChI=1S/C18H23N3O4S2/c22-26(23,17-7-3-1-4-8-17)19-11-12-20-13-15-21(16-14-20)27(24,25)18-9-5-2-6-10-18/h1-10,19H,11-16H2. The van der Waals surface area contributed by atoms with Crippen LogP contribution in [0.5, 0.6) is 0 Å². The Morgan fingerprint density at radius 3 is 1.81 bits per heavy atom. The predicted octanol–water partition coefficient (Wildman–Crippen LogP) is 0.971. The molecule has 1 fully saturated rings. The lowest BCUT2D eigenvalue weighted by Crippen LogP contribution is -2.50. The summed E-state index contributed by atoms with van der Waals surface area (Å²) in [5.74, 6) is 0. The second-order valence-corrected chi connectivity index (χ2v) is 9.97. The molecule has 0 saturated carbocycles. The maximum atomic E-state index is 12.6. The number of benzene rings is 2. The van der Waals surface area contributed by atoms with E-state index >= 15 is 0 Å². The lowest BCUT2D eigenvalue weighted by atomic mass is 10.3. The van der Waals surface area contributed by atoms with Gasteiger partial charge in [-0.25, -0.2) is 21.6 Å². The van der Waals surface area contributed by atoms with Crippen molar-refractivity contribution in [3.05, 3.63) is 60.7 Å². The molecule has 0 spiro atoms. The second kappa shape index (κ2) is 8.49. The normalized spacial score (nSPS) is 17.0. The van der Waals surface area contributed by atoms with E-state index in [1.807, 2.05) is 0 Å². The van der Waals surface area contributed by atoms with Crippen LogP contribution in [-0.4, -0.2) is 65.3 Å². The summed E-state index contributed by atoms with van der Waals surface area (Å²) in [6.07, 6.45) is 0. The van der Waals surface area contributed by atoms with E-state index in [0.717, 1.165) is 0 Å². The maximum Gasteiger partial charge on any atom is 0.243 e. The van der Waals surface area contributed by atoms with E-state index in [1.54, 1.807) is 60.7 Å². The van der Waals surface area contributed by atoms with E-state index in [-0.39, 0.29) is 11.4 Å². The highest BCUT2D eigenvalue weighted by atomic mass is 32.2. The first-order valence-corrected chi connectivity index (χ1v) is 11.6. The van der Waals surface area contributed by atoms with Crippen LogP contribution >= 0.6 is 0 Å². The van der Waals surface area contributed by atoms with E-state index in [0.29, 0.717) is 37.6 Å². The Kier molecular flexibility index (Phi) is 6.28. The molecule has 0 amide bonds. The van der Waals surface area contributed by atoms with Crippen molar-refractivity contribution >= 4 is 20.0 Å². The lowest BCUT2D eigenvalue weighted by molar-refractivity contribution is 0.191. The molecule has 0 aliphatic carbocycles. The van der Waals surface area contributed by atoms with Gasteiger partial charge in [0.2, 0.25) is 20.0 Å². The summed E-state index contributed by atoms with van der Waals surface area (Å²) >= 11 is 0. The number of hydrogen-bond acceptors (Lipinski definition) is 5. The zero-order valence-corrected chi connectivity index (χ0v) is 16.5. The molecule has 2 aromatic rings. The second-order valence-electron chi connectivity index (χ2n) is 6.27. The number of nitrogens with one attached hydrogen (secondary N) is 1.